The van der Waals surface area contributed by atoms with Crippen molar-refractivity contribution in [2.24, 2.45) is 0 Å². The number of halogens is 26. The number of likely N-dealkylation sites (N-methyl/N-ethyl adjacent to an activating group) is 2. The molecule has 4 nitrogen and oxygen atoms in total. The van der Waals surface area contributed by atoms with E-state index in [1.165, 1.54) is 0 Å². The van der Waals surface area contributed by atoms with Crippen LogP contribution in [-0.2, 0) is 0 Å². The van der Waals surface area contributed by atoms with Gasteiger partial charge in [-0.25, -0.2) is 0 Å². The van der Waals surface area contributed by atoms with Gasteiger partial charge in [-0.1, -0.05) is 0 Å². The molecular formula is C24H28F26N2O2+2. The molecular weight excluding hydrogens is 842 g/mol. The highest BCUT2D eigenvalue weighted by Crippen LogP contribution is 2.62. The minimum absolute atomic E-state index is 0.728. The van der Waals surface area contributed by atoms with Gasteiger partial charge in [0.05, 0.1) is 28.2 Å². The third-order valence-corrected chi connectivity index (χ3v) is 7.70. The molecule has 0 aromatic heterocycles. The third-order valence-electron chi connectivity index (χ3n) is 7.70. The van der Waals surface area contributed by atoms with E-state index in [9.17, 15) is 124 Å². The second kappa shape index (κ2) is 14.4. The topological polar surface area (TPSA) is 40.5 Å². The van der Waals surface area contributed by atoms with Gasteiger partial charge in [-0.3, -0.25) is 0 Å². The molecule has 0 heterocycles. The van der Waals surface area contributed by atoms with Crippen LogP contribution in [-0.4, -0.2) is 157 Å². The van der Waals surface area contributed by atoms with Crippen LogP contribution < -0.4 is 0 Å². The van der Waals surface area contributed by atoms with Crippen molar-refractivity contribution in [3.8, 4) is 0 Å². The van der Waals surface area contributed by atoms with Crippen LogP contribution in [0.1, 0.15) is 12.8 Å². The quantitative estimate of drug-likeness (QED) is 0.102. The van der Waals surface area contributed by atoms with Crippen LogP contribution in [0, 0.1) is 0 Å². The SMILES string of the molecule is C[N+](C)(CC[N+](C)(C)CC(O)CC(F)(F)C(F)(F)C(F)(F)C(F)(F)C(F)(F)C(F)(F)F)CC(O)CC(F)(F)C(F)(F)C(F)(F)C(F)(F)C(F)(F)C(F)(F)F. The van der Waals surface area contributed by atoms with E-state index in [0.717, 1.165) is 28.2 Å². The number of aliphatic hydroxyl groups is 2. The van der Waals surface area contributed by atoms with E-state index in [0.29, 0.717) is 0 Å². The van der Waals surface area contributed by atoms with Crippen LogP contribution in [0.5, 0.6) is 0 Å². The Bertz CT molecular complexity index is 1180. The zero-order valence-electron chi connectivity index (χ0n) is 27.0. The molecule has 2 atom stereocenters. The van der Waals surface area contributed by atoms with Gasteiger partial charge in [0.1, 0.15) is 38.4 Å². The molecule has 54 heavy (non-hydrogen) atoms. The lowest BCUT2D eigenvalue weighted by atomic mass is 9.91. The molecule has 0 saturated carbocycles. The smallest absolute Gasteiger partial charge is 0.387 e. The highest BCUT2D eigenvalue weighted by atomic mass is 19.4. The number of quaternary nitrogens is 2. The van der Waals surface area contributed by atoms with Crippen molar-refractivity contribution in [2.45, 2.75) is 96.6 Å². The van der Waals surface area contributed by atoms with Gasteiger partial charge in [0.25, 0.3) is 0 Å². The fourth-order valence-corrected chi connectivity index (χ4v) is 4.45. The van der Waals surface area contributed by atoms with Crippen molar-refractivity contribution < 1.29 is 133 Å². The van der Waals surface area contributed by atoms with Crippen molar-refractivity contribution in [1.29, 1.82) is 0 Å². The summed E-state index contributed by atoms with van der Waals surface area (Å²) in [5.41, 5.74) is 0. The first-order valence-corrected chi connectivity index (χ1v) is 13.8. The van der Waals surface area contributed by atoms with Gasteiger partial charge in [0.2, 0.25) is 0 Å². The summed E-state index contributed by atoms with van der Waals surface area (Å²) < 4.78 is 344. The summed E-state index contributed by atoms with van der Waals surface area (Å²) in [6.45, 7) is -4.20. The molecule has 0 aliphatic rings. The van der Waals surface area contributed by atoms with Gasteiger partial charge in [0.15, 0.2) is 0 Å². The average molecular weight is 870 g/mol. The zero-order valence-corrected chi connectivity index (χ0v) is 27.0. The molecule has 0 bridgehead atoms. The molecule has 0 amide bonds. The zero-order chi connectivity index (χ0) is 44.4. The Hall–Kier alpha value is -1.98. The summed E-state index contributed by atoms with van der Waals surface area (Å²) >= 11 is 0. The number of hydrogen-bond donors (Lipinski definition) is 2. The maximum atomic E-state index is 14.1. The average Bonchev–Trinajstić information content (AvgIpc) is 2.88. The Balaban J connectivity index is 5.92. The molecule has 326 valence electrons. The predicted molar refractivity (Wildman–Crippen MR) is 127 cm³/mol. The fraction of sp³-hybridized carbons (Fsp3) is 1.00. The second-order valence-electron chi connectivity index (χ2n) is 13.4. The molecule has 0 aliphatic heterocycles. The maximum absolute atomic E-state index is 14.1. The first kappa shape index (κ1) is 52.0. The van der Waals surface area contributed by atoms with Crippen LogP contribution in [0.25, 0.3) is 0 Å². The van der Waals surface area contributed by atoms with Crippen molar-refractivity contribution in [1.82, 2.24) is 0 Å². The van der Waals surface area contributed by atoms with Gasteiger partial charge in [-0.15, -0.1) is 0 Å². The van der Waals surface area contributed by atoms with E-state index >= 15 is 0 Å². The van der Waals surface area contributed by atoms with Crippen molar-refractivity contribution in [3.63, 3.8) is 0 Å². The first-order valence-electron chi connectivity index (χ1n) is 13.8. The summed E-state index contributed by atoms with van der Waals surface area (Å²) in [5.74, 6) is -77.6. The molecule has 2 unspecified atom stereocenters. The molecule has 0 aromatic carbocycles. The van der Waals surface area contributed by atoms with Crippen molar-refractivity contribution >= 4 is 0 Å². The Morgan fingerprint density at radius 3 is 0.704 bits per heavy atom. The molecule has 0 fully saturated rings. The van der Waals surface area contributed by atoms with Crippen LogP contribution >= 0.6 is 0 Å². The minimum atomic E-state index is -8.22. The Kier molecular flexibility index (Phi) is 13.9. The van der Waals surface area contributed by atoms with Gasteiger partial charge in [-0.05, 0) is 0 Å². The number of rotatable bonds is 19. The Morgan fingerprint density at radius 1 is 0.333 bits per heavy atom. The van der Waals surface area contributed by atoms with E-state index in [1.54, 1.807) is 0 Å². The largest absolute Gasteiger partial charge is 0.460 e. The van der Waals surface area contributed by atoms with Crippen LogP contribution in [0.4, 0.5) is 114 Å². The van der Waals surface area contributed by atoms with Gasteiger partial charge < -0.3 is 19.2 Å². The van der Waals surface area contributed by atoms with Crippen LogP contribution in [0.3, 0.4) is 0 Å². The van der Waals surface area contributed by atoms with E-state index < -0.39 is 132 Å². The monoisotopic (exact) mass is 870 g/mol. The summed E-state index contributed by atoms with van der Waals surface area (Å²) in [6, 6.07) is 0. The molecule has 0 saturated heterocycles. The number of hydrogen-bond acceptors (Lipinski definition) is 2. The summed E-state index contributed by atoms with van der Waals surface area (Å²) in [6.07, 6.45) is -27.5. The Labute approximate surface area is 285 Å². The van der Waals surface area contributed by atoms with E-state index in [-0.39, 0.29) is 0 Å². The standard InChI is InChI=1S/C24H28F26N2O2/c1-51(2,9-11(53)7-13(25,26)15(29,30)17(33,34)19(37,38)21(41,42)23(45,46)47)5-6-52(3,4)10-12(54)8-14(27,28)16(31,32)18(35,36)20(39,40)22(43,44)24(48,49)50/h11-12,53-54H,5-10H2,1-4H3/q+2. The maximum Gasteiger partial charge on any atom is 0.460 e. The normalized spacial score (nSPS) is 17.6. The lowest BCUT2D eigenvalue weighted by Crippen LogP contribution is -2.70. The van der Waals surface area contributed by atoms with E-state index in [2.05, 4.69) is 0 Å². The molecule has 0 aliphatic carbocycles. The van der Waals surface area contributed by atoms with Crippen molar-refractivity contribution in [2.75, 3.05) is 54.4 Å². The van der Waals surface area contributed by atoms with Gasteiger partial charge >= 0.3 is 71.6 Å². The fourth-order valence-electron chi connectivity index (χ4n) is 4.45. The Morgan fingerprint density at radius 2 is 0.519 bits per heavy atom. The number of alkyl halides is 26. The summed E-state index contributed by atoms with van der Waals surface area (Å²) in [7, 11) is 3.32. The summed E-state index contributed by atoms with van der Waals surface area (Å²) in [4.78, 5) is 0. The van der Waals surface area contributed by atoms with Crippen LogP contribution in [0.15, 0.2) is 0 Å². The lowest BCUT2D eigenvalue weighted by molar-refractivity contribution is -0.948. The van der Waals surface area contributed by atoms with Crippen LogP contribution in [0.2, 0.25) is 0 Å². The predicted octanol–water partition coefficient (Wildman–Crippen LogP) is 8.12. The van der Waals surface area contributed by atoms with E-state index in [4.69, 9.17) is 0 Å². The second-order valence-corrected chi connectivity index (χ2v) is 13.4. The highest BCUT2D eigenvalue weighted by Gasteiger charge is 2.92. The van der Waals surface area contributed by atoms with E-state index in [1.807, 2.05) is 0 Å². The third kappa shape index (κ3) is 9.09. The minimum Gasteiger partial charge on any atom is -0.387 e. The van der Waals surface area contributed by atoms with Gasteiger partial charge in [0, 0.05) is 12.8 Å². The molecule has 0 aromatic rings. The number of nitrogens with zero attached hydrogens (tertiary/aromatic N) is 2. The molecule has 0 radical (unpaired) electrons. The summed E-state index contributed by atoms with van der Waals surface area (Å²) in [5, 5.41) is 19.6. The molecule has 0 rings (SSSR count). The van der Waals surface area contributed by atoms with Crippen molar-refractivity contribution in [3.05, 3.63) is 0 Å². The number of aliphatic hydroxyl groups excluding tert-OH is 2. The molecule has 30 heteroatoms. The molecule has 2 N–H and O–H groups in total. The highest BCUT2D eigenvalue weighted by molar-refractivity contribution is 5.11. The van der Waals surface area contributed by atoms with Gasteiger partial charge in [-0.2, -0.15) is 114 Å². The molecule has 0 spiro atoms. The lowest BCUT2D eigenvalue weighted by Gasteiger charge is -2.41. The first-order chi connectivity index (χ1) is 22.9.